The Hall–Kier alpha value is -3.03. The van der Waals surface area contributed by atoms with Crippen LogP contribution in [0.4, 0.5) is 15.3 Å². The molecule has 3 amide bonds. The number of ether oxygens (including phenoxy) is 1. The van der Waals surface area contributed by atoms with E-state index < -0.39 is 6.09 Å². The van der Waals surface area contributed by atoms with E-state index in [0.717, 1.165) is 51.6 Å². The number of nitrogens with zero attached hydrogens (tertiary/aromatic N) is 3. The number of rotatable bonds is 5. The summed E-state index contributed by atoms with van der Waals surface area (Å²) in [7, 11) is 0. The van der Waals surface area contributed by atoms with E-state index >= 15 is 0 Å². The maximum atomic E-state index is 12.7. The smallest absolute Gasteiger partial charge is 0.412 e. The number of fused-ring (bicyclic) bond motifs is 2. The van der Waals surface area contributed by atoms with Crippen LogP contribution in [0.25, 0.3) is 0 Å². The minimum atomic E-state index is -0.528. The van der Waals surface area contributed by atoms with Gasteiger partial charge in [-0.25, -0.2) is 14.6 Å². The molecule has 1 N–H and O–H groups in total. The molecule has 1 aromatic carbocycles. The summed E-state index contributed by atoms with van der Waals surface area (Å²) in [6.45, 7) is 1.89. The zero-order chi connectivity index (χ0) is 21.2. The average Bonchev–Trinajstić information content (AvgIpc) is 3.33. The van der Waals surface area contributed by atoms with E-state index in [1.807, 2.05) is 17.0 Å². The zero-order valence-corrected chi connectivity index (χ0v) is 17.5. The van der Waals surface area contributed by atoms with E-state index in [-0.39, 0.29) is 12.6 Å². The molecule has 8 nitrogen and oxygen atoms in total. The number of amides is 3. The number of piperidine rings is 1. The lowest BCUT2D eigenvalue weighted by molar-refractivity contribution is 0.0775. The number of likely N-dealkylation sites (tertiary alicyclic amines) is 1. The van der Waals surface area contributed by atoms with Crippen LogP contribution in [-0.4, -0.2) is 52.1 Å². The number of carbonyl (C=O) groups is 2. The van der Waals surface area contributed by atoms with Gasteiger partial charge in [0.2, 0.25) is 0 Å². The van der Waals surface area contributed by atoms with Crippen molar-refractivity contribution in [2.75, 3.05) is 18.4 Å². The number of hydrogen-bond donors (Lipinski definition) is 1. The highest BCUT2D eigenvalue weighted by atomic mass is 16.6. The van der Waals surface area contributed by atoms with Gasteiger partial charge in [-0.3, -0.25) is 5.32 Å². The third-order valence-corrected chi connectivity index (χ3v) is 6.73. The molecule has 4 heterocycles. The topological polar surface area (TPSA) is 87.9 Å². The molecule has 0 aliphatic carbocycles. The standard InChI is InChI=1S/C23H28N4O4/c28-22(30-14-21-13-24-15-31-21)25-18-4-2-16(3-5-18)10-17-11-19-6-7-20(12-17)27(19)23(29)26-8-1-9-26/h2-5,13,15,17,19-20H,1,6-12,14H2,(H,25,28). The van der Waals surface area contributed by atoms with Crippen LogP contribution in [0.15, 0.2) is 41.3 Å². The van der Waals surface area contributed by atoms with Gasteiger partial charge >= 0.3 is 12.1 Å². The summed E-state index contributed by atoms with van der Waals surface area (Å²) in [6, 6.07) is 9.00. The van der Waals surface area contributed by atoms with Crippen molar-refractivity contribution in [3.63, 3.8) is 0 Å². The molecular formula is C23H28N4O4. The third kappa shape index (κ3) is 4.38. The van der Waals surface area contributed by atoms with E-state index in [0.29, 0.717) is 29.4 Å². The van der Waals surface area contributed by atoms with Gasteiger partial charge in [0, 0.05) is 30.9 Å². The summed E-state index contributed by atoms with van der Waals surface area (Å²) < 4.78 is 10.2. The first kappa shape index (κ1) is 19.9. The molecule has 0 saturated carbocycles. The van der Waals surface area contributed by atoms with E-state index in [9.17, 15) is 9.59 Å². The molecule has 2 bridgehead atoms. The average molecular weight is 425 g/mol. The van der Waals surface area contributed by atoms with Crippen LogP contribution < -0.4 is 5.32 Å². The van der Waals surface area contributed by atoms with Crippen LogP contribution in [0.5, 0.6) is 0 Å². The van der Waals surface area contributed by atoms with E-state index in [1.54, 1.807) is 0 Å². The predicted octanol–water partition coefficient (Wildman–Crippen LogP) is 4.03. The molecule has 3 aliphatic rings. The number of anilines is 1. The number of benzene rings is 1. The molecular weight excluding hydrogens is 396 g/mol. The number of hydrogen-bond acceptors (Lipinski definition) is 5. The van der Waals surface area contributed by atoms with Crippen LogP contribution in [0.2, 0.25) is 0 Å². The van der Waals surface area contributed by atoms with Crippen molar-refractivity contribution in [3.05, 3.63) is 48.2 Å². The number of urea groups is 1. The fraction of sp³-hybridized carbons (Fsp3) is 0.522. The Morgan fingerprint density at radius 3 is 2.48 bits per heavy atom. The van der Waals surface area contributed by atoms with Crippen molar-refractivity contribution in [3.8, 4) is 0 Å². The Kier molecular flexibility index (Phi) is 5.53. The number of oxazole rings is 1. The van der Waals surface area contributed by atoms with Crippen LogP contribution in [0, 0.1) is 5.92 Å². The van der Waals surface area contributed by atoms with Crippen molar-refractivity contribution >= 4 is 17.8 Å². The lowest BCUT2D eigenvalue weighted by Gasteiger charge is -2.43. The maximum Gasteiger partial charge on any atom is 0.412 e. The molecule has 2 atom stereocenters. The van der Waals surface area contributed by atoms with Gasteiger partial charge in [-0.1, -0.05) is 12.1 Å². The minimum Gasteiger partial charge on any atom is -0.445 e. The van der Waals surface area contributed by atoms with Gasteiger partial charge in [-0.05, 0) is 62.1 Å². The summed E-state index contributed by atoms with van der Waals surface area (Å²) in [6.07, 6.45) is 8.89. The molecule has 0 radical (unpaired) electrons. The van der Waals surface area contributed by atoms with Crippen LogP contribution in [0.1, 0.15) is 43.4 Å². The molecule has 5 rings (SSSR count). The summed E-state index contributed by atoms with van der Waals surface area (Å²) in [5.74, 6) is 1.10. The van der Waals surface area contributed by atoms with Crippen LogP contribution >= 0.6 is 0 Å². The summed E-state index contributed by atoms with van der Waals surface area (Å²) in [4.78, 5) is 32.6. The second-order valence-electron chi connectivity index (χ2n) is 8.82. The molecule has 3 fully saturated rings. The monoisotopic (exact) mass is 424 g/mol. The van der Waals surface area contributed by atoms with Gasteiger partial charge in [0.25, 0.3) is 0 Å². The van der Waals surface area contributed by atoms with Crippen LogP contribution in [0.3, 0.4) is 0 Å². The first-order valence-corrected chi connectivity index (χ1v) is 11.1. The van der Waals surface area contributed by atoms with Gasteiger partial charge in [-0.15, -0.1) is 0 Å². The minimum absolute atomic E-state index is 0.0468. The van der Waals surface area contributed by atoms with Gasteiger partial charge in [0.05, 0.1) is 6.20 Å². The third-order valence-electron chi connectivity index (χ3n) is 6.73. The lowest BCUT2D eigenvalue weighted by atomic mass is 9.86. The van der Waals surface area contributed by atoms with Gasteiger partial charge in [0.1, 0.15) is 0 Å². The second-order valence-corrected chi connectivity index (χ2v) is 8.82. The van der Waals surface area contributed by atoms with Crippen molar-refractivity contribution in [2.45, 2.75) is 57.2 Å². The molecule has 8 heteroatoms. The summed E-state index contributed by atoms with van der Waals surface area (Å²) >= 11 is 0. The van der Waals surface area contributed by atoms with Crippen molar-refractivity contribution in [1.82, 2.24) is 14.8 Å². The Morgan fingerprint density at radius 2 is 1.87 bits per heavy atom. The highest BCUT2D eigenvalue weighted by Gasteiger charge is 2.44. The van der Waals surface area contributed by atoms with Crippen molar-refractivity contribution in [2.24, 2.45) is 5.92 Å². The SMILES string of the molecule is O=C(Nc1ccc(CC2CC3CCC(C2)N3C(=O)N2CCC2)cc1)OCc1cnco1. The summed E-state index contributed by atoms with van der Waals surface area (Å²) in [5.41, 5.74) is 1.95. The fourth-order valence-electron chi connectivity index (χ4n) is 5.10. The molecule has 1 aromatic heterocycles. The van der Waals surface area contributed by atoms with Crippen molar-refractivity contribution in [1.29, 1.82) is 0 Å². The number of nitrogens with one attached hydrogen (secondary N) is 1. The van der Waals surface area contributed by atoms with E-state index in [2.05, 4.69) is 27.3 Å². The quantitative estimate of drug-likeness (QED) is 0.783. The van der Waals surface area contributed by atoms with E-state index in [1.165, 1.54) is 18.2 Å². The molecule has 3 aliphatic heterocycles. The number of aromatic nitrogens is 1. The van der Waals surface area contributed by atoms with Gasteiger partial charge < -0.3 is 19.0 Å². The largest absolute Gasteiger partial charge is 0.445 e. The Bertz CT molecular complexity index is 896. The molecule has 164 valence electrons. The Morgan fingerprint density at radius 1 is 1.13 bits per heavy atom. The first-order chi connectivity index (χ1) is 15.2. The highest BCUT2D eigenvalue weighted by Crippen LogP contribution is 2.40. The zero-order valence-electron chi connectivity index (χ0n) is 17.5. The lowest BCUT2D eigenvalue weighted by Crippen LogP contribution is -2.55. The Labute approximate surface area is 181 Å². The van der Waals surface area contributed by atoms with E-state index in [4.69, 9.17) is 9.15 Å². The second kappa shape index (κ2) is 8.61. The first-order valence-electron chi connectivity index (χ1n) is 11.1. The fourth-order valence-corrected chi connectivity index (χ4v) is 5.10. The molecule has 3 saturated heterocycles. The number of carbonyl (C=O) groups excluding carboxylic acids is 2. The molecule has 2 aromatic rings. The normalized spacial score (nSPS) is 24.6. The highest BCUT2D eigenvalue weighted by molar-refractivity contribution is 5.84. The van der Waals surface area contributed by atoms with Crippen molar-refractivity contribution < 1.29 is 18.7 Å². The Balaban J connectivity index is 1.11. The molecule has 0 spiro atoms. The molecule has 31 heavy (non-hydrogen) atoms. The maximum absolute atomic E-state index is 12.7. The van der Waals surface area contributed by atoms with Gasteiger partial charge in [0.15, 0.2) is 18.8 Å². The summed E-state index contributed by atoms with van der Waals surface area (Å²) in [5, 5.41) is 2.73. The van der Waals surface area contributed by atoms with Gasteiger partial charge in [-0.2, -0.15) is 0 Å². The van der Waals surface area contributed by atoms with Crippen LogP contribution in [-0.2, 0) is 17.8 Å². The molecule has 2 unspecified atom stereocenters. The predicted molar refractivity (Wildman–Crippen MR) is 113 cm³/mol.